The number of anilines is 1. The third-order valence-electron chi connectivity index (χ3n) is 5.18. The van der Waals surface area contributed by atoms with E-state index in [4.69, 9.17) is 0 Å². The number of carbonyl (C=O) groups is 2. The fourth-order valence-corrected chi connectivity index (χ4v) is 6.00. The van der Waals surface area contributed by atoms with Gasteiger partial charge in [0.15, 0.2) is 5.78 Å². The standard InChI is InChI=1S/C24H17Br3N4O4S/c1-12-17(9-21(32)14-4-3-5-15(25)6-14)13(2)29-24(18(12)10-28)36-11-22(33)30-23-19(27)7-16(26)8-20(23)31(34)35/h3-8H,9,11H2,1-2H3,(H,30,33). The van der Waals surface area contributed by atoms with Crippen LogP contribution >= 0.6 is 59.6 Å². The number of aryl methyl sites for hydroxylation is 1. The van der Waals surface area contributed by atoms with Crippen LogP contribution < -0.4 is 5.32 Å². The molecule has 1 aromatic heterocycles. The van der Waals surface area contributed by atoms with Crippen molar-refractivity contribution in [3.8, 4) is 6.07 Å². The first-order valence-electron chi connectivity index (χ1n) is 10.3. The average Bonchev–Trinajstić information content (AvgIpc) is 2.81. The Bertz CT molecular complexity index is 1440. The van der Waals surface area contributed by atoms with Gasteiger partial charge in [0.1, 0.15) is 16.8 Å². The van der Waals surface area contributed by atoms with Gasteiger partial charge >= 0.3 is 0 Å². The fraction of sp³-hybridized carbons (Fsp3) is 0.167. The number of thioether (sulfide) groups is 1. The van der Waals surface area contributed by atoms with E-state index >= 15 is 0 Å². The number of nitrogens with one attached hydrogen (secondary N) is 1. The third-order valence-corrected chi connectivity index (χ3v) is 7.73. The summed E-state index contributed by atoms with van der Waals surface area (Å²) in [5.41, 5.74) is 2.48. The lowest BCUT2D eigenvalue weighted by Gasteiger charge is -2.14. The quantitative estimate of drug-likeness (QED) is 0.117. The second-order valence-corrected chi connectivity index (χ2v) is 11.2. The molecule has 3 rings (SSSR count). The normalized spacial score (nSPS) is 10.6. The number of hydrogen-bond acceptors (Lipinski definition) is 7. The molecule has 2 aromatic carbocycles. The molecule has 1 heterocycles. The zero-order valence-corrected chi connectivity index (χ0v) is 24.5. The molecule has 0 saturated carbocycles. The number of halogens is 3. The van der Waals surface area contributed by atoms with Crippen LogP contribution in [0.25, 0.3) is 0 Å². The molecule has 0 fully saturated rings. The molecule has 3 aromatic rings. The molecule has 0 spiro atoms. The number of ketones is 1. The second kappa shape index (κ2) is 12.1. The molecule has 1 amide bonds. The molecule has 0 bridgehead atoms. The van der Waals surface area contributed by atoms with Gasteiger partial charge in [-0.2, -0.15) is 5.26 Å². The van der Waals surface area contributed by atoms with E-state index in [2.05, 4.69) is 64.2 Å². The number of nitrogens with zero attached hydrogens (tertiary/aromatic N) is 3. The van der Waals surface area contributed by atoms with Crippen LogP contribution in [0.4, 0.5) is 11.4 Å². The Hall–Kier alpha value is -2.59. The smallest absolute Gasteiger partial charge is 0.295 e. The summed E-state index contributed by atoms with van der Waals surface area (Å²) in [4.78, 5) is 40.7. The van der Waals surface area contributed by atoms with E-state index in [0.29, 0.717) is 36.4 Å². The van der Waals surface area contributed by atoms with Crippen molar-refractivity contribution in [3.05, 3.63) is 87.9 Å². The first-order valence-corrected chi connectivity index (χ1v) is 13.6. The van der Waals surface area contributed by atoms with Gasteiger partial charge in [-0.25, -0.2) is 4.98 Å². The Morgan fingerprint density at radius 3 is 2.53 bits per heavy atom. The summed E-state index contributed by atoms with van der Waals surface area (Å²) in [5, 5.41) is 24.1. The SMILES string of the molecule is Cc1nc(SCC(=O)Nc2c(Br)cc(Br)cc2[N+](=O)[O-])c(C#N)c(C)c1CC(=O)c1cccc(Br)c1. The van der Waals surface area contributed by atoms with Gasteiger partial charge in [-0.15, -0.1) is 0 Å². The third kappa shape index (κ3) is 6.59. The molecule has 184 valence electrons. The maximum atomic E-state index is 12.8. The Morgan fingerprint density at radius 1 is 1.17 bits per heavy atom. The van der Waals surface area contributed by atoms with Crippen molar-refractivity contribution >= 4 is 82.6 Å². The molecule has 0 atom stereocenters. The predicted molar refractivity (Wildman–Crippen MR) is 148 cm³/mol. The summed E-state index contributed by atoms with van der Waals surface area (Å²) >= 11 is 10.8. The van der Waals surface area contributed by atoms with Crippen molar-refractivity contribution in [3.63, 3.8) is 0 Å². The highest BCUT2D eigenvalue weighted by molar-refractivity contribution is 9.11. The van der Waals surface area contributed by atoms with Crippen molar-refractivity contribution in [2.24, 2.45) is 0 Å². The van der Waals surface area contributed by atoms with Crippen molar-refractivity contribution in [2.45, 2.75) is 25.3 Å². The number of Topliss-reactive ketones (excluding diaryl/α,β-unsaturated/α-hetero) is 1. The van der Waals surface area contributed by atoms with Crippen LogP contribution in [0.15, 0.2) is 54.8 Å². The summed E-state index contributed by atoms with van der Waals surface area (Å²) < 4.78 is 1.63. The van der Waals surface area contributed by atoms with Gasteiger partial charge in [-0.05, 0) is 59.1 Å². The van der Waals surface area contributed by atoms with E-state index in [1.54, 1.807) is 38.1 Å². The van der Waals surface area contributed by atoms with Gasteiger partial charge in [0.05, 0.1) is 16.2 Å². The molecule has 36 heavy (non-hydrogen) atoms. The van der Waals surface area contributed by atoms with E-state index < -0.39 is 10.8 Å². The highest BCUT2D eigenvalue weighted by Crippen LogP contribution is 2.36. The van der Waals surface area contributed by atoms with Crippen molar-refractivity contribution in [1.82, 2.24) is 4.98 Å². The minimum atomic E-state index is -0.589. The van der Waals surface area contributed by atoms with Crippen molar-refractivity contribution < 1.29 is 14.5 Å². The largest absolute Gasteiger partial charge is 0.319 e. The lowest BCUT2D eigenvalue weighted by atomic mass is 9.96. The first kappa shape index (κ1) is 28.0. The molecule has 0 aliphatic carbocycles. The number of aromatic nitrogens is 1. The minimum absolute atomic E-state index is 0.0380. The summed E-state index contributed by atoms with van der Waals surface area (Å²) in [6, 6.07) is 12.1. The number of nitro groups is 1. The van der Waals surface area contributed by atoms with E-state index in [9.17, 15) is 25.0 Å². The number of nitriles is 1. The zero-order valence-electron chi connectivity index (χ0n) is 18.9. The Labute approximate surface area is 236 Å². The van der Waals surface area contributed by atoms with E-state index in [1.807, 2.05) is 6.07 Å². The van der Waals surface area contributed by atoms with Gasteiger partial charge in [0, 0.05) is 37.2 Å². The van der Waals surface area contributed by atoms with E-state index in [0.717, 1.165) is 16.2 Å². The Balaban J connectivity index is 1.80. The predicted octanol–water partition coefficient (Wildman–Crippen LogP) is 6.92. The van der Waals surface area contributed by atoms with Gasteiger partial charge in [-0.3, -0.25) is 19.7 Å². The monoisotopic (exact) mass is 694 g/mol. The summed E-state index contributed by atoms with van der Waals surface area (Å²) in [7, 11) is 0. The van der Waals surface area contributed by atoms with Crippen LogP contribution in [0.2, 0.25) is 0 Å². The number of pyridine rings is 1. The van der Waals surface area contributed by atoms with Crippen molar-refractivity contribution in [1.29, 1.82) is 5.26 Å². The van der Waals surface area contributed by atoms with Gasteiger partial charge in [-0.1, -0.05) is 55.8 Å². The van der Waals surface area contributed by atoms with Crippen LogP contribution in [0.5, 0.6) is 0 Å². The molecule has 0 aliphatic rings. The maximum absolute atomic E-state index is 12.8. The van der Waals surface area contributed by atoms with Gasteiger partial charge < -0.3 is 5.32 Å². The average molecular weight is 697 g/mol. The molecule has 0 aliphatic heterocycles. The molecule has 0 saturated heterocycles. The molecular weight excluding hydrogens is 680 g/mol. The number of benzene rings is 2. The summed E-state index contributed by atoms with van der Waals surface area (Å²) in [5.74, 6) is -0.730. The zero-order chi connectivity index (χ0) is 26.6. The van der Waals surface area contributed by atoms with Crippen LogP contribution in [-0.2, 0) is 11.2 Å². The number of carbonyl (C=O) groups excluding carboxylic acids is 2. The molecular formula is C24H17Br3N4O4S. The number of nitro benzene ring substituents is 1. The molecule has 0 radical (unpaired) electrons. The minimum Gasteiger partial charge on any atom is -0.319 e. The maximum Gasteiger partial charge on any atom is 0.295 e. The van der Waals surface area contributed by atoms with Crippen LogP contribution in [-0.4, -0.2) is 27.4 Å². The first-order chi connectivity index (χ1) is 17.0. The summed E-state index contributed by atoms with van der Waals surface area (Å²) in [6.07, 6.45) is 0.0858. The summed E-state index contributed by atoms with van der Waals surface area (Å²) in [6.45, 7) is 3.51. The van der Waals surface area contributed by atoms with Crippen LogP contribution in [0, 0.1) is 35.3 Å². The number of hydrogen-bond donors (Lipinski definition) is 1. The highest BCUT2D eigenvalue weighted by Gasteiger charge is 2.22. The number of rotatable bonds is 8. The molecule has 0 unspecified atom stereocenters. The highest BCUT2D eigenvalue weighted by atomic mass is 79.9. The van der Waals surface area contributed by atoms with Crippen LogP contribution in [0.1, 0.15) is 32.7 Å². The van der Waals surface area contributed by atoms with Gasteiger partial charge in [0.2, 0.25) is 5.91 Å². The van der Waals surface area contributed by atoms with Crippen LogP contribution in [0.3, 0.4) is 0 Å². The van der Waals surface area contributed by atoms with Gasteiger partial charge in [0.25, 0.3) is 5.69 Å². The molecule has 1 N–H and O–H groups in total. The lowest BCUT2D eigenvalue weighted by Crippen LogP contribution is -2.16. The Kier molecular flexibility index (Phi) is 9.41. The second-order valence-electron chi connectivity index (χ2n) is 7.58. The fourth-order valence-electron chi connectivity index (χ4n) is 3.42. The molecule has 12 heteroatoms. The lowest BCUT2D eigenvalue weighted by molar-refractivity contribution is -0.384. The topological polar surface area (TPSA) is 126 Å². The number of amides is 1. The molecule has 8 nitrogen and oxygen atoms in total. The Morgan fingerprint density at radius 2 is 1.89 bits per heavy atom. The van der Waals surface area contributed by atoms with E-state index in [1.165, 1.54) is 6.07 Å². The van der Waals surface area contributed by atoms with E-state index in [-0.39, 0.29) is 34.9 Å². The van der Waals surface area contributed by atoms with Crippen molar-refractivity contribution in [2.75, 3.05) is 11.1 Å².